The van der Waals surface area contributed by atoms with Gasteiger partial charge >= 0.3 is 12.0 Å². The number of amides is 2. The summed E-state index contributed by atoms with van der Waals surface area (Å²) in [5, 5.41) is 15.4. The van der Waals surface area contributed by atoms with E-state index in [0.29, 0.717) is 6.42 Å². The van der Waals surface area contributed by atoms with E-state index in [1.54, 1.807) is 0 Å². The minimum Gasteiger partial charge on any atom is -0.481 e. The van der Waals surface area contributed by atoms with Crippen LogP contribution in [-0.4, -0.2) is 28.7 Å². The molecule has 2 atom stereocenters. The maximum Gasteiger partial charge on any atom is 0.315 e. The fourth-order valence-corrected chi connectivity index (χ4v) is 3.71. The van der Waals surface area contributed by atoms with Crippen molar-refractivity contribution in [2.24, 2.45) is 5.92 Å². The first kappa shape index (κ1) is 16.1. The van der Waals surface area contributed by atoms with E-state index in [9.17, 15) is 14.7 Å². The molecule has 0 aromatic heterocycles. The van der Waals surface area contributed by atoms with Crippen LogP contribution in [0.4, 0.5) is 4.79 Å². The summed E-state index contributed by atoms with van der Waals surface area (Å²) in [5.74, 6) is -1.23. The lowest BCUT2D eigenvalue weighted by Crippen LogP contribution is -2.54. The molecule has 0 bridgehead atoms. The molecular weight excluding hydrogens is 268 g/mol. The zero-order chi connectivity index (χ0) is 15.3. The monoisotopic (exact) mass is 296 g/mol. The zero-order valence-corrected chi connectivity index (χ0v) is 13.0. The molecule has 2 saturated carbocycles. The Kier molecular flexibility index (Phi) is 5.48. The van der Waals surface area contributed by atoms with Crippen LogP contribution in [0.2, 0.25) is 0 Å². The van der Waals surface area contributed by atoms with Crippen molar-refractivity contribution in [1.82, 2.24) is 10.6 Å². The molecule has 0 saturated heterocycles. The Balaban J connectivity index is 1.91. The van der Waals surface area contributed by atoms with Gasteiger partial charge in [0.15, 0.2) is 0 Å². The molecule has 3 N–H and O–H groups in total. The quantitative estimate of drug-likeness (QED) is 0.700. The van der Waals surface area contributed by atoms with Gasteiger partial charge < -0.3 is 15.7 Å². The minimum absolute atomic E-state index is 0.133. The standard InChI is InChI=1S/C16H28N2O3/c1-16(10-6-3-7-11-16)18-15(21)17-13-9-5-2-4-8-12(13)14(19)20/h12-13H,2-11H2,1H3,(H,19,20)(H2,17,18,21). The Labute approximate surface area is 126 Å². The second kappa shape index (κ2) is 7.14. The maximum absolute atomic E-state index is 12.2. The highest BCUT2D eigenvalue weighted by molar-refractivity contribution is 5.77. The molecule has 0 heterocycles. The summed E-state index contributed by atoms with van der Waals surface area (Å²) in [4.78, 5) is 23.6. The van der Waals surface area contributed by atoms with Gasteiger partial charge in [-0.15, -0.1) is 0 Å². The highest BCUT2D eigenvalue weighted by Gasteiger charge is 2.33. The van der Waals surface area contributed by atoms with E-state index in [1.807, 2.05) is 0 Å². The predicted molar refractivity (Wildman–Crippen MR) is 81.2 cm³/mol. The third-order valence-electron chi connectivity index (χ3n) is 5.02. The van der Waals surface area contributed by atoms with E-state index >= 15 is 0 Å². The van der Waals surface area contributed by atoms with Gasteiger partial charge in [-0.1, -0.05) is 38.5 Å². The van der Waals surface area contributed by atoms with Crippen LogP contribution in [0.15, 0.2) is 0 Å². The van der Waals surface area contributed by atoms with E-state index in [1.165, 1.54) is 6.42 Å². The molecule has 2 aliphatic carbocycles. The fraction of sp³-hybridized carbons (Fsp3) is 0.875. The van der Waals surface area contributed by atoms with Gasteiger partial charge in [0.25, 0.3) is 0 Å². The Morgan fingerprint density at radius 1 is 1.00 bits per heavy atom. The number of hydrogen-bond donors (Lipinski definition) is 3. The van der Waals surface area contributed by atoms with Gasteiger partial charge in [-0.2, -0.15) is 0 Å². The number of nitrogens with one attached hydrogen (secondary N) is 2. The molecule has 120 valence electrons. The van der Waals surface area contributed by atoms with E-state index in [2.05, 4.69) is 17.6 Å². The average Bonchev–Trinajstić information content (AvgIpc) is 2.64. The molecule has 2 amide bonds. The highest BCUT2D eigenvalue weighted by Crippen LogP contribution is 2.28. The smallest absolute Gasteiger partial charge is 0.315 e. The van der Waals surface area contributed by atoms with Crippen LogP contribution >= 0.6 is 0 Å². The first-order valence-electron chi connectivity index (χ1n) is 8.32. The second-order valence-corrected chi connectivity index (χ2v) is 6.91. The largest absolute Gasteiger partial charge is 0.481 e. The molecular formula is C16H28N2O3. The van der Waals surface area contributed by atoms with Crippen molar-refractivity contribution >= 4 is 12.0 Å². The van der Waals surface area contributed by atoms with Gasteiger partial charge in [0, 0.05) is 11.6 Å². The van der Waals surface area contributed by atoms with Crippen molar-refractivity contribution in [3.8, 4) is 0 Å². The maximum atomic E-state index is 12.2. The normalized spacial score (nSPS) is 29.2. The number of hydrogen-bond acceptors (Lipinski definition) is 2. The fourth-order valence-electron chi connectivity index (χ4n) is 3.71. The lowest BCUT2D eigenvalue weighted by molar-refractivity contribution is -0.142. The van der Waals surface area contributed by atoms with Gasteiger partial charge in [0.05, 0.1) is 5.92 Å². The third-order valence-corrected chi connectivity index (χ3v) is 5.02. The first-order chi connectivity index (χ1) is 10.0. The summed E-state index contributed by atoms with van der Waals surface area (Å²) in [5.41, 5.74) is -0.133. The summed E-state index contributed by atoms with van der Waals surface area (Å²) in [6.45, 7) is 2.09. The van der Waals surface area contributed by atoms with Crippen molar-refractivity contribution in [3.05, 3.63) is 0 Å². The zero-order valence-electron chi connectivity index (χ0n) is 13.0. The molecule has 0 aliphatic heterocycles. The number of carbonyl (C=O) groups excluding carboxylic acids is 1. The van der Waals surface area contributed by atoms with Crippen LogP contribution in [0.5, 0.6) is 0 Å². The minimum atomic E-state index is -0.786. The molecule has 2 aliphatic rings. The molecule has 2 fully saturated rings. The summed E-state index contributed by atoms with van der Waals surface area (Å²) >= 11 is 0. The summed E-state index contributed by atoms with van der Waals surface area (Å²) in [6.07, 6.45) is 9.97. The average molecular weight is 296 g/mol. The Bertz CT molecular complexity index is 378. The van der Waals surface area contributed by atoms with Crippen LogP contribution in [0.1, 0.15) is 71.1 Å². The molecule has 0 aromatic rings. The van der Waals surface area contributed by atoms with Crippen LogP contribution in [0, 0.1) is 5.92 Å². The number of aliphatic carboxylic acids is 1. The van der Waals surface area contributed by atoms with Gasteiger partial charge in [0.1, 0.15) is 0 Å². The lowest BCUT2D eigenvalue weighted by atomic mass is 9.83. The molecule has 0 spiro atoms. The van der Waals surface area contributed by atoms with Gasteiger partial charge in [-0.3, -0.25) is 4.79 Å². The van der Waals surface area contributed by atoms with Crippen LogP contribution in [0.3, 0.4) is 0 Å². The molecule has 2 rings (SSSR count). The molecule has 5 heteroatoms. The van der Waals surface area contributed by atoms with Gasteiger partial charge in [0.2, 0.25) is 0 Å². The summed E-state index contributed by atoms with van der Waals surface area (Å²) < 4.78 is 0. The number of carbonyl (C=O) groups is 2. The summed E-state index contributed by atoms with van der Waals surface area (Å²) in [6, 6.07) is -0.435. The number of carboxylic acids is 1. The van der Waals surface area contributed by atoms with Crippen molar-refractivity contribution in [1.29, 1.82) is 0 Å². The van der Waals surface area contributed by atoms with Crippen molar-refractivity contribution in [2.45, 2.75) is 82.7 Å². The molecule has 2 unspecified atom stereocenters. The predicted octanol–water partition coefficient (Wildman–Crippen LogP) is 3.04. The number of rotatable bonds is 3. The molecule has 21 heavy (non-hydrogen) atoms. The Hall–Kier alpha value is -1.26. The van der Waals surface area contributed by atoms with Crippen molar-refractivity contribution in [3.63, 3.8) is 0 Å². The van der Waals surface area contributed by atoms with Crippen LogP contribution in [-0.2, 0) is 4.79 Å². The second-order valence-electron chi connectivity index (χ2n) is 6.91. The van der Waals surface area contributed by atoms with Crippen molar-refractivity contribution < 1.29 is 14.7 Å². The third kappa shape index (κ3) is 4.61. The van der Waals surface area contributed by atoms with Crippen LogP contribution in [0.25, 0.3) is 0 Å². The SMILES string of the molecule is CC1(NC(=O)NC2CCCCCC2C(=O)O)CCCCC1. The van der Waals surface area contributed by atoms with Gasteiger partial charge in [-0.05, 0) is 32.6 Å². The first-order valence-corrected chi connectivity index (χ1v) is 8.32. The molecule has 5 nitrogen and oxygen atoms in total. The Morgan fingerprint density at radius 2 is 1.62 bits per heavy atom. The number of urea groups is 1. The van der Waals surface area contributed by atoms with E-state index in [0.717, 1.165) is 51.4 Å². The highest BCUT2D eigenvalue weighted by atomic mass is 16.4. The topological polar surface area (TPSA) is 78.4 Å². The number of carboxylic acid groups (broad SMARTS) is 1. The van der Waals surface area contributed by atoms with Gasteiger partial charge in [-0.25, -0.2) is 4.79 Å². The van der Waals surface area contributed by atoms with Crippen molar-refractivity contribution in [2.75, 3.05) is 0 Å². The Morgan fingerprint density at radius 3 is 2.29 bits per heavy atom. The van der Waals surface area contributed by atoms with E-state index in [-0.39, 0.29) is 17.6 Å². The summed E-state index contributed by atoms with van der Waals surface area (Å²) in [7, 11) is 0. The van der Waals surface area contributed by atoms with E-state index < -0.39 is 11.9 Å². The lowest BCUT2D eigenvalue weighted by Gasteiger charge is -2.35. The van der Waals surface area contributed by atoms with E-state index in [4.69, 9.17) is 0 Å². The molecule has 0 radical (unpaired) electrons. The molecule has 0 aromatic carbocycles. The van der Waals surface area contributed by atoms with Crippen LogP contribution < -0.4 is 10.6 Å².